The zero-order chi connectivity index (χ0) is 16.2. The van der Waals surface area contributed by atoms with Crippen LogP contribution >= 0.6 is 0 Å². The van der Waals surface area contributed by atoms with Crippen molar-refractivity contribution in [2.75, 3.05) is 7.11 Å². The lowest BCUT2D eigenvalue weighted by Gasteiger charge is -2.02. The molecule has 3 aromatic rings. The zero-order valence-corrected chi connectivity index (χ0v) is 13.1. The van der Waals surface area contributed by atoms with E-state index in [9.17, 15) is 8.76 Å². The third-order valence-corrected chi connectivity index (χ3v) is 3.98. The van der Waals surface area contributed by atoms with E-state index in [4.69, 9.17) is 4.74 Å². The van der Waals surface area contributed by atoms with Crippen molar-refractivity contribution in [2.24, 2.45) is 0 Å². The average Bonchev–Trinajstić information content (AvgIpc) is 3.04. The number of hydrogen-bond acceptors (Lipinski definition) is 5. The van der Waals surface area contributed by atoms with Crippen molar-refractivity contribution in [3.05, 3.63) is 54.1 Å². The number of benzene rings is 2. The summed E-state index contributed by atoms with van der Waals surface area (Å²) < 4.78 is 25.8. The maximum absolute atomic E-state index is 11.4. The molecule has 0 aliphatic carbocycles. The fraction of sp³-hybridized carbons (Fsp3) is 0.133. The van der Waals surface area contributed by atoms with Crippen molar-refractivity contribution < 1.29 is 13.5 Å². The van der Waals surface area contributed by atoms with Crippen molar-refractivity contribution >= 4 is 11.1 Å². The molecule has 1 N–H and O–H groups in total. The first kappa shape index (κ1) is 15.3. The van der Waals surface area contributed by atoms with E-state index in [-0.39, 0.29) is 4.90 Å². The van der Waals surface area contributed by atoms with Gasteiger partial charge in [-0.2, -0.15) is 4.80 Å². The van der Waals surface area contributed by atoms with Crippen LogP contribution in [0.2, 0.25) is 0 Å². The van der Waals surface area contributed by atoms with Gasteiger partial charge in [0.2, 0.25) is 5.82 Å². The molecule has 2 aromatic carbocycles. The van der Waals surface area contributed by atoms with Gasteiger partial charge < -0.3 is 9.29 Å². The lowest BCUT2D eigenvalue weighted by atomic mass is 10.2. The molecule has 8 heteroatoms. The highest BCUT2D eigenvalue weighted by atomic mass is 32.2. The van der Waals surface area contributed by atoms with Gasteiger partial charge in [-0.3, -0.25) is 0 Å². The summed E-state index contributed by atoms with van der Waals surface area (Å²) in [7, 11) is 1.61. The highest BCUT2D eigenvalue weighted by molar-refractivity contribution is 7.79. The van der Waals surface area contributed by atoms with E-state index in [1.54, 1.807) is 31.4 Å². The van der Waals surface area contributed by atoms with E-state index < -0.39 is 11.1 Å². The lowest BCUT2D eigenvalue weighted by molar-refractivity contribution is 0.414. The normalized spacial score (nSPS) is 12.1. The van der Waals surface area contributed by atoms with Gasteiger partial charge in [-0.05, 0) is 35.0 Å². The van der Waals surface area contributed by atoms with Crippen LogP contribution in [0.25, 0.3) is 11.4 Å². The summed E-state index contributed by atoms with van der Waals surface area (Å²) in [6.07, 6.45) is 0. The Balaban J connectivity index is 1.84. The number of methoxy groups -OCH3 is 1. The summed E-state index contributed by atoms with van der Waals surface area (Å²) in [6, 6.07) is 14.3. The fourth-order valence-electron chi connectivity index (χ4n) is 2.12. The highest BCUT2D eigenvalue weighted by Gasteiger charge is 2.14. The van der Waals surface area contributed by atoms with Crippen molar-refractivity contribution in [3.63, 3.8) is 0 Å². The Morgan fingerprint density at radius 3 is 2.61 bits per heavy atom. The summed E-state index contributed by atoms with van der Waals surface area (Å²) in [5.41, 5.74) is 1.49. The van der Waals surface area contributed by atoms with Gasteiger partial charge in [0.1, 0.15) is 5.75 Å². The first-order valence-corrected chi connectivity index (χ1v) is 7.89. The number of ether oxygens (including phenoxy) is 1. The molecular weight excluding hydrogens is 316 g/mol. The topological polar surface area (TPSA) is 90.1 Å². The van der Waals surface area contributed by atoms with Crippen LogP contribution in [-0.4, -0.2) is 36.1 Å². The molecule has 0 aliphatic heterocycles. The maximum atomic E-state index is 11.4. The predicted molar refractivity (Wildman–Crippen MR) is 84.4 cm³/mol. The maximum Gasteiger partial charge on any atom is 0.206 e. The first-order chi connectivity index (χ1) is 11.2. The summed E-state index contributed by atoms with van der Waals surface area (Å²) >= 11 is -2.10. The molecule has 0 amide bonds. The third kappa shape index (κ3) is 3.43. The monoisotopic (exact) mass is 330 g/mol. The Morgan fingerprint density at radius 2 is 1.91 bits per heavy atom. The quantitative estimate of drug-likeness (QED) is 0.719. The van der Waals surface area contributed by atoms with Crippen LogP contribution in [0.1, 0.15) is 5.56 Å². The van der Waals surface area contributed by atoms with Gasteiger partial charge in [0.15, 0.2) is 11.1 Å². The van der Waals surface area contributed by atoms with Gasteiger partial charge >= 0.3 is 0 Å². The molecule has 7 nitrogen and oxygen atoms in total. The van der Waals surface area contributed by atoms with Crippen LogP contribution in [-0.2, 0) is 17.6 Å². The minimum atomic E-state index is -2.10. The predicted octanol–water partition coefficient (Wildman–Crippen LogP) is 1.98. The van der Waals surface area contributed by atoms with Crippen molar-refractivity contribution in [3.8, 4) is 17.1 Å². The summed E-state index contributed by atoms with van der Waals surface area (Å²) in [5, 5.41) is 12.2. The zero-order valence-electron chi connectivity index (χ0n) is 12.3. The largest absolute Gasteiger partial charge is 0.497 e. The Hall–Kier alpha value is -2.58. The molecule has 0 saturated carbocycles. The van der Waals surface area contributed by atoms with Gasteiger partial charge in [-0.25, -0.2) is 4.21 Å². The standard InChI is InChI=1S/C15H14N4O3S/c1-22-12-8-6-11(7-9-12)10-19-17-15(16-18-19)13-4-2-3-5-14(13)23(20)21/h2-9H,10H2,1H3,(H,20,21). The minimum Gasteiger partial charge on any atom is -0.497 e. The van der Waals surface area contributed by atoms with E-state index in [1.807, 2.05) is 24.3 Å². The Bertz CT molecular complexity index is 833. The molecule has 0 fully saturated rings. The Morgan fingerprint density at radius 1 is 1.17 bits per heavy atom. The van der Waals surface area contributed by atoms with E-state index in [0.29, 0.717) is 17.9 Å². The molecule has 1 atom stereocenters. The van der Waals surface area contributed by atoms with Crippen LogP contribution in [0.3, 0.4) is 0 Å². The van der Waals surface area contributed by atoms with E-state index in [1.165, 1.54) is 4.80 Å². The molecule has 0 spiro atoms. The average molecular weight is 330 g/mol. The summed E-state index contributed by atoms with van der Waals surface area (Å²) in [6.45, 7) is 0.446. The molecular formula is C15H14N4O3S. The smallest absolute Gasteiger partial charge is 0.206 e. The third-order valence-electron chi connectivity index (χ3n) is 3.25. The SMILES string of the molecule is COc1ccc(Cn2nnc(-c3ccccc3S(=O)O)n2)cc1. The van der Waals surface area contributed by atoms with Gasteiger partial charge in [-0.1, -0.05) is 24.3 Å². The number of tetrazole rings is 1. The van der Waals surface area contributed by atoms with Gasteiger partial charge in [0.05, 0.1) is 18.6 Å². The molecule has 118 valence electrons. The summed E-state index contributed by atoms with van der Waals surface area (Å²) in [5.74, 6) is 1.09. The van der Waals surface area contributed by atoms with Crippen LogP contribution in [0.5, 0.6) is 5.75 Å². The molecule has 23 heavy (non-hydrogen) atoms. The number of nitrogens with zero attached hydrogens (tertiary/aromatic N) is 4. The van der Waals surface area contributed by atoms with Gasteiger partial charge in [-0.15, -0.1) is 10.2 Å². The van der Waals surface area contributed by atoms with Crippen molar-refractivity contribution in [2.45, 2.75) is 11.4 Å². The highest BCUT2D eigenvalue weighted by Crippen LogP contribution is 2.21. The van der Waals surface area contributed by atoms with E-state index in [0.717, 1.165) is 11.3 Å². The number of aromatic nitrogens is 4. The second kappa shape index (κ2) is 6.67. The molecule has 0 aliphatic rings. The molecule has 0 radical (unpaired) electrons. The molecule has 1 unspecified atom stereocenters. The molecule has 0 bridgehead atoms. The van der Waals surface area contributed by atoms with Crippen molar-refractivity contribution in [1.82, 2.24) is 20.2 Å². The molecule has 0 saturated heterocycles. The van der Waals surface area contributed by atoms with Crippen molar-refractivity contribution in [1.29, 1.82) is 0 Å². The fourth-order valence-corrected chi connectivity index (χ4v) is 2.66. The summed E-state index contributed by atoms with van der Waals surface area (Å²) in [4.78, 5) is 1.70. The van der Waals surface area contributed by atoms with Crippen LogP contribution in [0, 0.1) is 0 Å². The van der Waals surface area contributed by atoms with Crippen LogP contribution in [0.4, 0.5) is 0 Å². The van der Waals surface area contributed by atoms with E-state index in [2.05, 4.69) is 15.4 Å². The number of rotatable bonds is 5. The molecule has 1 aromatic heterocycles. The Kier molecular flexibility index (Phi) is 4.45. The minimum absolute atomic E-state index is 0.261. The van der Waals surface area contributed by atoms with Gasteiger partial charge in [0.25, 0.3) is 0 Å². The second-order valence-corrected chi connectivity index (χ2v) is 5.67. The Labute approximate surface area is 135 Å². The number of hydrogen-bond donors (Lipinski definition) is 1. The van der Waals surface area contributed by atoms with Crippen LogP contribution in [0.15, 0.2) is 53.4 Å². The second-order valence-electron chi connectivity index (χ2n) is 4.74. The molecule has 3 rings (SSSR count). The lowest BCUT2D eigenvalue weighted by Crippen LogP contribution is -2.04. The van der Waals surface area contributed by atoms with Crippen LogP contribution < -0.4 is 4.74 Å². The van der Waals surface area contributed by atoms with Gasteiger partial charge in [0, 0.05) is 5.56 Å². The first-order valence-electron chi connectivity index (χ1n) is 6.78. The van der Waals surface area contributed by atoms with E-state index >= 15 is 0 Å². The molecule has 1 heterocycles.